The van der Waals surface area contributed by atoms with Gasteiger partial charge in [-0.25, -0.2) is 0 Å². The first-order valence-corrected chi connectivity index (χ1v) is 5.02. The van der Waals surface area contributed by atoms with Crippen LogP contribution in [0.3, 0.4) is 0 Å². The topological polar surface area (TPSA) is 74.6 Å². The highest BCUT2D eigenvalue weighted by Crippen LogP contribution is 2.14. The van der Waals surface area contributed by atoms with Crippen molar-refractivity contribution < 1.29 is 19.8 Å². The van der Waals surface area contributed by atoms with Gasteiger partial charge in [0.05, 0.1) is 12.3 Å². The molecule has 0 amide bonds. The van der Waals surface area contributed by atoms with Crippen LogP contribution in [-0.2, 0) is 9.59 Å². The van der Waals surface area contributed by atoms with Crippen molar-refractivity contribution in [2.24, 2.45) is 5.92 Å². The molecule has 0 heterocycles. The van der Waals surface area contributed by atoms with Gasteiger partial charge in [0.15, 0.2) is 0 Å². The lowest BCUT2D eigenvalue weighted by Crippen LogP contribution is -2.17. The van der Waals surface area contributed by atoms with Crippen LogP contribution in [0.4, 0.5) is 0 Å². The van der Waals surface area contributed by atoms with Gasteiger partial charge in [0, 0.05) is 0 Å². The molecule has 0 aromatic carbocycles. The molecule has 0 unspecified atom stereocenters. The molecule has 0 saturated carbocycles. The van der Waals surface area contributed by atoms with Crippen LogP contribution in [0.15, 0.2) is 0 Å². The van der Waals surface area contributed by atoms with Crippen molar-refractivity contribution in [2.75, 3.05) is 0 Å². The minimum Gasteiger partial charge on any atom is -0.481 e. The van der Waals surface area contributed by atoms with Crippen LogP contribution < -0.4 is 0 Å². The SMILES string of the molecule is CCCCCC[C@@H](CC(=O)O)C(=O)O. The van der Waals surface area contributed by atoms with Gasteiger partial charge >= 0.3 is 11.9 Å². The summed E-state index contributed by atoms with van der Waals surface area (Å²) >= 11 is 0. The van der Waals surface area contributed by atoms with Gasteiger partial charge in [0.1, 0.15) is 0 Å². The van der Waals surface area contributed by atoms with Crippen LogP contribution in [0.5, 0.6) is 0 Å². The number of aliphatic carboxylic acids is 2. The zero-order valence-electron chi connectivity index (χ0n) is 8.53. The first-order valence-electron chi connectivity index (χ1n) is 5.02. The molecule has 4 nitrogen and oxygen atoms in total. The second-order valence-electron chi connectivity index (χ2n) is 3.48. The molecule has 1 atom stereocenters. The number of hydrogen-bond donors (Lipinski definition) is 2. The normalized spacial score (nSPS) is 12.4. The summed E-state index contributed by atoms with van der Waals surface area (Å²) < 4.78 is 0. The first-order chi connectivity index (χ1) is 6.57. The number of rotatable bonds is 8. The van der Waals surface area contributed by atoms with Crippen molar-refractivity contribution in [3.05, 3.63) is 0 Å². The Bertz CT molecular complexity index is 189. The third kappa shape index (κ3) is 6.46. The van der Waals surface area contributed by atoms with Crippen molar-refractivity contribution in [3.8, 4) is 0 Å². The fourth-order valence-corrected chi connectivity index (χ4v) is 1.34. The van der Waals surface area contributed by atoms with E-state index in [9.17, 15) is 9.59 Å². The predicted octanol–water partition coefficient (Wildman–Crippen LogP) is 2.13. The molecule has 0 saturated heterocycles. The monoisotopic (exact) mass is 202 g/mol. The molecule has 0 rings (SSSR count). The lowest BCUT2D eigenvalue weighted by atomic mass is 9.98. The molecule has 0 radical (unpaired) electrons. The third-order valence-electron chi connectivity index (χ3n) is 2.18. The van der Waals surface area contributed by atoms with Gasteiger partial charge in [0.25, 0.3) is 0 Å². The van der Waals surface area contributed by atoms with E-state index in [2.05, 4.69) is 6.92 Å². The van der Waals surface area contributed by atoms with E-state index in [1.807, 2.05) is 0 Å². The highest BCUT2D eigenvalue weighted by molar-refractivity contribution is 5.77. The van der Waals surface area contributed by atoms with E-state index in [1.54, 1.807) is 0 Å². The molecule has 0 aliphatic rings. The van der Waals surface area contributed by atoms with Gasteiger partial charge < -0.3 is 10.2 Å². The van der Waals surface area contributed by atoms with Crippen molar-refractivity contribution >= 4 is 11.9 Å². The predicted molar refractivity (Wildman–Crippen MR) is 52.1 cm³/mol. The zero-order chi connectivity index (χ0) is 11.0. The molecule has 0 aliphatic heterocycles. The van der Waals surface area contributed by atoms with Crippen LogP contribution >= 0.6 is 0 Å². The zero-order valence-corrected chi connectivity index (χ0v) is 8.53. The Labute approximate surface area is 83.9 Å². The number of hydrogen-bond acceptors (Lipinski definition) is 2. The van der Waals surface area contributed by atoms with E-state index in [4.69, 9.17) is 10.2 Å². The molecule has 0 aromatic heterocycles. The third-order valence-corrected chi connectivity index (χ3v) is 2.18. The van der Waals surface area contributed by atoms with E-state index in [0.29, 0.717) is 6.42 Å². The van der Waals surface area contributed by atoms with Crippen LogP contribution in [-0.4, -0.2) is 22.2 Å². The van der Waals surface area contributed by atoms with Gasteiger partial charge in [-0.15, -0.1) is 0 Å². The smallest absolute Gasteiger partial charge is 0.307 e. The summed E-state index contributed by atoms with van der Waals surface area (Å²) in [5.41, 5.74) is 0. The van der Waals surface area contributed by atoms with E-state index < -0.39 is 17.9 Å². The highest BCUT2D eigenvalue weighted by Gasteiger charge is 2.19. The second-order valence-corrected chi connectivity index (χ2v) is 3.48. The van der Waals surface area contributed by atoms with E-state index in [1.165, 1.54) is 0 Å². The summed E-state index contributed by atoms with van der Waals surface area (Å²) in [5, 5.41) is 17.2. The summed E-state index contributed by atoms with van der Waals surface area (Å²) in [6, 6.07) is 0. The van der Waals surface area contributed by atoms with E-state index in [-0.39, 0.29) is 6.42 Å². The van der Waals surface area contributed by atoms with Gasteiger partial charge in [-0.05, 0) is 6.42 Å². The summed E-state index contributed by atoms with van der Waals surface area (Å²) in [6.07, 6.45) is 4.18. The van der Waals surface area contributed by atoms with Gasteiger partial charge in [-0.3, -0.25) is 9.59 Å². The summed E-state index contributed by atoms with van der Waals surface area (Å²) in [4.78, 5) is 21.0. The first kappa shape index (κ1) is 12.9. The van der Waals surface area contributed by atoms with Gasteiger partial charge in [-0.1, -0.05) is 32.6 Å². The molecule has 0 aromatic rings. The number of unbranched alkanes of at least 4 members (excludes halogenated alkanes) is 3. The Morgan fingerprint density at radius 1 is 1.14 bits per heavy atom. The number of carbonyl (C=O) groups is 2. The highest BCUT2D eigenvalue weighted by atomic mass is 16.4. The molecule has 0 spiro atoms. The molecular formula is C10H18O4. The van der Waals surface area contributed by atoms with E-state index in [0.717, 1.165) is 25.7 Å². The quantitative estimate of drug-likeness (QED) is 0.591. The molecule has 0 bridgehead atoms. The standard InChI is InChI=1S/C10H18O4/c1-2-3-4-5-6-8(10(13)14)7-9(11)12/h8H,2-7H2,1H3,(H,11,12)(H,13,14)/t8-/m0/s1. The Balaban J connectivity index is 3.74. The average Bonchev–Trinajstić information content (AvgIpc) is 2.09. The Kier molecular flexibility index (Phi) is 6.80. The molecule has 4 heteroatoms. The molecule has 0 aliphatic carbocycles. The van der Waals surface area contributed by atoms with Crippen LogP contribution in [0.2, 0.25) is 0 Å². The van der Waals surface area contributed by atoms with Crippen LogP contribution in [0, 0.1) is 5.92 Å². The number of carboxylic acids is 2. The maximum absolute atomic E-state index is 10.6. The molecule has 82 valence electrons. The van der Waals surface area contributed by atoms with Crippen molar-refractivity contribution in [1.29, 1.82) is 0 Å². The fourth-order valence-electron chi connectivity index (χ4n) is 1.34. The van der Waals surface area contributed by atoms with Gasteiger partial charge in [-0.2, -0.15) is 0 Å². The van der Waals surface area contributed by atoms with E-state index >= 15 is 0 Å². The van der Waals surface area contributed by atoms with Crippen molar-refractivity contribution in [2.45, 2.75) is 45.4 Å². The lowest BCUT2D eigenvalue weighted by molar-refractivity contribution is -0.148. The minimum absolute atomic E-state index is 0.262. The molecule has 14 heavy (non-hydrogen) atoms. The van der Waals surface area contributed by atoms with Gasteiger partial charge in [0.2, 0.25) is 0 Å². The fraction of sp³-hybridized carbons (Fsp3) is 0.800. The molecule has 2 N–H and O–H groups in total. The largest absolute Gasteiger partial charge is 0.481 e. The molecule has 0 fully saturated rings. The maximum atomic E-state index is 10.6. The summed E-state index contributed by atoms with van der Waals surface area (Å²) in [5.74, 6) is -2.75. The summed E-state index contributed by atoms with van der Waals surface area (Å²) in [6.45, 7) is 2.08. The molecular weight excluding hydrogens is 184 g/mol. The van der Waals surface area contributed by atoms with Crippen molar-refractivity contribution in [3.63, 3.8) is 0 Å². The van der Waals surface area contributed by atoms with Crippen LogP contribution in [0.25, 0.3) is 0 Å². The maximum Gasteiger partial charge on any atom is 0.307 e. The number of carboxylic acid groups (broad SMARTS) is 2. The summed E-state index contributed by atoms with van der Waals surface area (Å²) in [7, 11) is 0. The Morgan fingerprint density at radius 2 is 1.79 bits per heavy atom. The average molecular weight is 202 g/mol. The Hall–Kier alpha value is -1.06. The lowest BCUT2D eigenvalue weighted by Gasteiger charge is -2.08. The Morgan fingerprint density at radius 3 is 2.21 bits per heavy atom. The van der Waals surface area contributed by atoms with Crippen molar-refractivity contribution in [1.82, 2.24) is 0 Å². The van der Waals surface area contributed by atoms with Crippen LogP contribution in [0.1, 0.15) is 45.4 Å². The minimum atomic E-state index is -1.03. The second kappa shape index (κ2) is 7.35.